The van der Waals surface area contributed by atoms with Gasteiger partial charge in [-0.05, 0) is 41.8 Å². The van der Waals surface area contributed by atoms with Crippen LogP contribution in [-0.4, -0.2) is 29.1 Å². The average Bonchev–Trinajstić information content (AvgIpc) is 2.31. The van der Waals surface area contributed by atoms with Crippen LogP contribution >= 0.6 is 15.9 Å². The maximum atomic E-state index is 13.7. The van der Waals surface area contributed by atoms with Gasteiger partial charge in [0.05, 0.1) is 5.41 Å². The maximum Gasteiger partial charge on any atom is 0.309 e. The summed E-state index contributed by atoms with van der Waals surface area (Å²) in [5, 5.41) is 9.13. The number of hydrogen-bond acceptors (Lipinski definition) is 3. The second-order valence-corrected chi connectivity index (χ2v) is 5.73. The first-order valence-corrected chi connectivity index (χ1v) is 6.51. The highest BCUT2D eigenvalue weighted by atomic mass is 79.9. The highest BCUT2D eigenvalue weighted by Gasteiger charge is 2.37. The molecule has 0 aromatic carbocycles. The van der Waals surface area contributed by atoms with Gasteiger partial charge in [0.25, 0.3) is 0 Å². The fourth-order valence-corrected chi connectivity index (χ4v) is 2.37. The van der Waals surface area contributed by atoms with Crippen molar-refractivity contribution in [2.75, 3.05) is 18.0 Å². The van der Waals surface area contributed by atoms with Crippen molar-refractivity contribution >= 4 is 27.7 Å². The van der Waals surface area contributed by atoms with E-state index in [-0.39, 0.29) is 5.82 Å². The molecule has 0 spiro atoms. The predicted molar refractivity (Wildman–Crippen MR) is 69.1 cm³/mol. The molecule has 1 aromatic rings. The van der Waals surface area contributed by atoms with Crippen LogP contribution in [0.15, 0.2) is 16.7 Å². The number of anilines is 1. The molecule has 1 aliphatic rings. The molecule has 2 rings (SSSR count). The third-order valence-corrected chi connectivity index (χ3v) is 3.90. The number of carboxylic acids is 1. The zero-order valence-electron chi connectivity index (χ0n) is 9.99. The van der Waals surface area contributed by atoms with E-state index in [0.717, 1.165) is 0 Å². The number of halogens is 2. The number of piperidine rings is 1. The van der Waals surface area contributed by atoms with Crippen molar-refractivity contribution in [1.82, 2.24) is 4.98 Å². The number of nitrogens with zero attached hydrogens (tertiary/aromatic N) is 2. The van der Waals surface area contributed by atoms with Gasteiger partial charge < -0.3 is 10.0 Å². The van der Waals surface area contributed by atoms with Crippen molar-refractivity contribution in [3.05, 3.63) is 22.6 Å². The van der Waals surface area contributed by atoms with E-state index in [0.29, 0.717) is 36.2 Å². The Morgan fingerprint density at radius 3 is 2.67 bits per heavy atom. The summed E-state index contributed by atoms with van der Waals surface area (Å²) in [6.07, 6.45) is 2.54. The van der Waals surface area contributed by atoms with Gasteiger partial charge in [-0.2, -0.15) is 0 Å². The molecule has 4 nitrogen and oxygen atoms in total. The molecule has 0 unspecified atom stereocenters. The van der Waals surface area contributed by atoms with E-state index in [2.05, 4.69) is 20.9 Å². The van der Waals surface area contributed by atoms with Crippen LogP contribution in [0.5, 0.6) is 0 Å². The van der Waals surface area contributed by atoms with Gasteiger partial charge in [0.15, 0.2) is 11.6 Å². The first-order chi connectivity index (χ1) is 8.42. The second-order valence-electron chi connectivity index (χ2n) is 4.81. The van der Waals surface area contributed by atoms with Gasteiger partial charge in [-0.1, -0.05) is 0 Å². The number of carbonyl (C=O) groups is 1. The summed E-state index contributed by atoms with van der Waals surface area (Å²) in [4.78, 5) is 17.0. The Balaban J connectivity index is 2.12. The van der Waals surface area contributed by atoms with Crippen LogP contribution in [0, 0.1) is 11.2 Å². The Bertz CT molecular complexity index is 473. The minimum atomic E-state index is -0.786. The summed E-state index contributed by atoms with van der Waals surface area (Å²) in [6, 6.07) is 1.37. The van der Waals surface area contributed by atoms with E-state index in [1.807, 2.05) is 0 Å². The zero-order chi connectivity index (χ0) is 13.3. The lowest BCUT2D eigenvalue weighted by atomic mass is 9.80. The van der Waals surface area contributed by atoms with E-state index in [1.54, 1.807) is 18.0 Å². The van der Waals surface area contributed by atoms with Crippen molar-refractivity contribution < 1.29 is 14.3 Å². The quantitative estimate of drug-likeness (QED) is 0.911. The SMILES string of the molecule is CC1(C(=O)O)CCN(c2ncc(Br)cc2F)CC1. The van der Waals surface area contributed by atoms with Crippen LogP contribution in [-0.2, 0) is 4.79 Å². The van der Waals surface area contributed by atoms with Gasteiger partial charge in [0.2, 0.25) is 0 Å². The highest BCUT2D eigenvalue weighted by Crippen LogP contribution is 2.33. The van der Waals surface area contributed by atoms with Crippen molar-refractivity contribution in [2.24, 2.45) is 5.41 Å². The van der Waals surface area contributed by atoms with E-state index < -0.39 is 11.4 Å². The standard InChI is InChI=1S/C12H14BrFN2O2/c1-12(11(17)18)2-4-16(5-3-12)10-9(14)6-8(13)7-15-10/h6-7H,2-5H2,1H3,(H,17,18). The summed E-state index contributed by atoms with van der Waals surface area (Å²) < 4.78 is 14.3. The highest BCUT2D eigenvalue weighted by molar-refractivity contribution is 9.10. The average molecular weight is 317 g/mol. The number of hydrogen-bond donors (Lipinski definition) is 1. The Hall–Kier alpha value is -1.17. The lowest BCUT2D eigenvalue weighted by molar-refractivity contribution is -0.149. The molecule has 0 saturated carbocycles. The Labute approximate surface area is 113 Å². The van der Waals surface area contributed by atoms with Crippen LogP contribution in [0.2, 0.25) is 0 Å². The summed E-state index contributed by atoms with van der Waals surface area (Å²) >= 11 is 3.16. The van der Waals surface area contributed by atoms with Gasteiger partial charge in [0, 0.05) is 23.8 Å². The van der Waals surface area contributed by atoms with Gasteiger partial charge >= 0.3 is 5.97 Å². The van der Waals surface area contributed by atoms with Crippen LogP contribution in [0.4, 0.5) is 10.2 Å². The summed E-state index contributed by atoms with van der Waals surface area (Å²) in [5.41, 5.74) is -0.706. The number of aromatic nitrogens is 1. The molecule has 0 atom stereocenters. The molecule has 1 aromatic heterocycles. The summed E-state index contributed by atoms with van der Waals surface area (Å²) in [7, 11) is 0. The number of pyridine rings is 1. The lowest BCUT2D eigenvalue weighted by Gasteiger charge is -2.37. The van der Waals surface area contributed by atoms with Gasteiger partial charge in [-0.15, -0.1) is 0 Å². The van der Waals surface area contributed by atoms with E-state index >= 15 is 0 Å². The van der Waals surface area contributed by atoms with Crippen molar-refractivity contribution in [2.45, 2.75) is 19.8 Å². The minimum Gasteiger partial charge on any atom is -0.481 e. The molecule has 2 heterocycles. The number of aliphatic carboxylic acids is 1. The lowest BCUT2D eigenvalue weighted by Crippen LogP contribution is -2.43. The molecule has 1 aliphatic heterocycles. The Kier molecular flexibility index (Phi) is 3.56. The monoisotopic (exact) mass is 316 g/mol. The molecule has 0 amide bonds. The number of carboxylic acid groups (broad SMARTS) is 1. The third-order valence-electron chi connectivity index (χ3n) is 3.47. The topological polar surface area (TPSA) is 53.4 Å². The van der Waals surface area contributed by atoms with Gasteiger partial charge in [0.1, 0.15) is 0 Å². The molecular formula is C12H14BrFN2O2. The maximum absolute atomic E-state index is 13.7. The van der Waals surface area contributed by atoms with E-state index in [4.69, 9.17) is 5.11 Å². The molecule has 18 heavy (non-hydrogen) atoms. The largest absolute Gasteiger partial charge is 0.481 e. The molecule has 0 bridgehead atoms. The van der Waals surface area contributed by atoms with Crippen LogP contribution in [0.3, 0.4) is 0 Å². The Morgan fingerprint density at radius 1 is 1.56 bits per heavy atom. The summed E-state index contributed by atoms with van der Waals surface area (Å²) in [6.45, 7) is 2.75. The molecule has 0 aliphatic carbocycles. The second kappa shape index (κ2) is 4.84. The van der Waals surface area contributed by atoms with Gasteiger partial charge in [-0.3, -0.25) is 4.79 Å². The predicted octanol–water partition coefficient (Wildman–Crippen LogP) is 2.67. The minimum absolute atomic E-state index is 0.297. The van der Waals surface area contributed by atoms with Crippen LogP contribution in [0.1, 0.15) is 19.8 Å². The molecular weight excluding hydrogens is 303 g/mol. The smallest absolute Gasteiger partial charge is 0.309 e. The molecule has 1 saturated heterocycles. The van der Waals surface area contributed by atoms with E-state index in [1.165, 1.54) is 6.07 Å². The first kappa shape index (κ1) is 13.3. The molecule has 6 heteroatoms. The number of rotatable bonds is 2. The fraction of sp³-hybridized carbons (Fsp3) is 0.500. The normalized spacial score (nSPS) is 18.7. The van der Waals surface area contributed by atoms with E-state index in [9.17, 15) is 9.18 Å². The molecule has 1 fully saturated rings. The van der Waals surface area contributed by atoms with Crippen molar-refractivity contribution in [3.63, 3.8) is 0 Å². The Morgan fingerprint density at radius 2 is 2.17 bits per heavy atom. The third kappa shape index (κ3) is 2.48. The van der Waals surface area contributed by atoms with Crippen LogP contribution in [0.25, 0.3) is 0 Å². The summed E-state index contributed by atoms with van der Waals surface area (Å²) in [5.74, 6) is -0.875. The first-order valence-electron chi connectivity index (χ1n) is 5.72. The molecule has 98 valence electrons. The van der Waals surface area contributed by atoms with Crippen LogP contribution < -0.4 is 4.90 Å². The fourth-order valence-electron chi connectivity index (χ4n) is 2.07. The molecule has 1 N–H and O–H groups in total. The van der Waals surface area contributed by atoms with Crippen molar-refractivity contribution in [1.29, 1.82) is 0 Å². The molecule has 0 radical (unpaired) electrons. The van der Waals surface area contributed by atoms with Gasteiger partial charge in [-0.25, -0.2) is 9.37 Å². The van der Waals surface area contributed by atoms with Crippen molar-refractivity contribution in [3.8, 4) is 0 Å². The zero-order valence-corrected chi connectivity index (χ0v) is 11.6.